The molecule has 0 spiro atoms. The van der Waals surface area contributed by atoms with Gasteiger partial charge in [0.15, 0.2) is 0 Å². The average Bonchev–Trinajstić information content (AvgIpc) is 3.17. The lowest BCUT2D eigenvalue weighted by molar-refractivity contribution is 0.0799. The molecule has 5 atom stereocenters. The summed E-state index contributed by atoms with van der Waals surface area (Å²) in [6.07, 6.45) is 6.93. The van der Waals surface area contributed by atoms with E-state index in [1.807, 2.05) is 0 Å². The van der Waals surface area contributed by atoms with Crippen molar-refractivity contribution < 1.29 is 4.74 Å². The largest absolute Gasteiger partial charge is 0.380 e. The fourth-order valence-electron chi connectivity index (χ4n) is 5.18. The van der Waals surface area contributed by atoms with E-state index in [1.165, 1.54) is 17.8 Å². The quantitative estimate of drug-likeness (QED) is 0.283. The number of rotatable bonds is 9. The van der Waals surface area contributed by atoms with Crippen molar-refractivity contribution >= 4 is 0 Å². The van der Waals surface area contributed by atoms with Gasteiger partial charge in [0.2, 0.25) is 0 Å². The molecule has 9 nitrogen and oxygen atoms in total. The van der Waals surface area contributed by atoms with Gasteiger partial charge in [0, 0.05) is 38.3 Å². The first-order valence-corrected chi connectivity index (χ1v) is 12.7. The summed E-state index contributed by atoms with van der Waals surface area (Å²) in [5.41, 5.74) is 6.29. The van der Waals surface area contributed by atoms with Crippen molar-refractivity contribution in [3.05, 3.63) is 23.3 Å². The first kappa shape index (κ1) is 23.6. The topological polar surface area (TPSA) is 87.9 Å². The summed E-state index contributed by atoms with van der Waals surface area (Å²) in [4.78, 5) is 2.52. The molecule has 9 heteroatoms. The number of hydrazine groups is 1. The standard InChI is InChI=1S/C23H44N8O/c1-5-17-9-8-10-19(25-17)26-22-21-20(18(6-2)29-31(21)13-14-32-7-3)27-23(28-22)30-12-11-24-16(4)15-30/h10,16-18,22-29H,5-9,11-15H2,1-4H3/t16-,17?,18?,22?,23?/m1/s1. The fourth-order valence-corrected chi connectivity index (χ4v) is 5.18. The molecule has 4 unspecified atom stereocenters. The Morgan fingerprint density at radius 1 is 1.19 bits per heavy atom. The van der Waals surface area contributed by atoms with Crippen molar-refractivity contribution in [2.45, 2.75) is 84.0 Å². The van der Waals surface area contributed by atoms with E-state index in [2.05, 4.69) is 75.7 Å². The first-order valence-electron chi connectivity index (χ1n) is 12.7. The third kappa shape index (κ3) is 5.34. The van der Waals surface area contributed by atoms with Crippen LogP contribution in [0.2, 0.25) is 0 Å². The summed E-state index contributed by atoms with van der Waals surface area (Å²) in [7, 11) is 0. The van der Waals surface area contributed by atoms with Crippen molar-refractivity contribution in [1.29, 1.82) is 0 Å². The van der Waals surface area contributed by atoms with Gasteiger partial charge in [-0.05, 0) is 45.6 Å². The van der Waals surface area contributed by atoms with E-state index >= 15 is 0 Å². The minimum Gasteiger partial charge on any atom is -0.380 e. The molecule has 4 aliphatic rings. The predicted octanol–water partition coefficient (Wildman–Crippen LogP) is 0.523. The highest BCUT2D eigenvalue weighted by atomic mass is 16.5. The Morgan fingerprint density at radius 3 is 2.81 bits per heavy atom. The zero-order valence-corrected chi connectivity index (χ0v) is 20.3. The molecule has 4 heterocycles. The maximum Gasteiger partial charge on any atom is 0.136 e. The normalized spacial score (nSPS) is 33.4. The fraction of sp³-hybridized carbons (Fsp3) is 0.826. The molecular formula is C23H44N8O. The molecule has 0 radical (unpaired) electrons. The summed E-state index contributed by atoms with van der Waals surface area (Å²) < 4.78 is 5.68. The predicted molar refractivity (Wildman–Crippen MR) is 128 cm³/mol. The lowest BCUT2D eigenvalue weighted by Gasteiger charge is -2.45. The number of nitrogens with one attached hydrogen (secondary N) is 6. The Balaban J connectivity index is 1.57. The summed E-state index contributed by atoms with van der Waals surface area (Å²) in [6, 6.07) is 1.33. The van der Waals surface area contributed by atoms with Crippen LogP contribution in [0.1, 0.15) is 53.4 Å². The van der Waals surface area contributed by atoms with Gasteiger partial charge in [-0.15, -0.1) is 0 Å². The van der Waals surface area contributed by atoms with Crippen molar-refractivity contribution in [3.63, 3.8) is 0 Å². The highest BCUT2D eigenvalue weighted by Gasteiger charge is 2.42. The van der Waals surface area contributed by atoms with Crippen LogP contribution in [-0.2, 0) is 4.74 Å². The number of hydrogen-bond donors (Lipinski definition) is 6. The Kier molecular flexibility index (Phi) is 8.17. The molecule has 1 saturated heterocycles. The van der Waals surface area contributed by atoms with Gasteiger partial charge in [-0.25, -0.2) is 5.43 Å². The number of hydrogen-bond acceptors (Lipinski definition) is 9. The summed E-state index contributed by atoms with van der Waals surface area (Å²) in [5, 5.41) is 21.1. The molecule has 32 heavy (non-hydrogen) atoms. The Labute approximate surface area is 193 Å². The lowest BCUT2D eigenvalue weighted by atomic mass is 10.0. The first-order chi connectivity index (χ1) is 15.6. The summed E-state index contributed by atoms with van der Waals surface area (Å²) in [5.74, 6) is 1.14. The van der Waals surface area contributed by atoms with Crippen molar-refractivity contribution in [1.82, 2.24) is 41.9 Å². The van der Waals surface area contributed by atoms with E-state index in [9.17, 15) is 0 Å². The Morgan fingerprint density at radius 2 is 2.06 bits per heavy atom. The monoisotopic (exact) mass is 448 g/mol. The van der Waals surface area contributed by atoms with Crippen molar-refractivity contribution in [2.75, 3.05) is 39.4 Å². The van der Waals surface area contributed by atoms with E-state index in [0.717, 1.165) is 57.9 Å². The van der Waals surface area contributed by atoms with Gasteiger partial charge in [0.05, 0.1) is 36.4 Å². The third-order valence-electron chi connectivity index (χ3n) is 6.97. The molecule has 0 aromatic carbocycles. The Bertz CT molecular complexity index is 683. The summed E-state index contributed by atoms with van der Waals surface area (Å²) in [6.45, 7) is 14.2. The van der Waals surface area contributed by atoms with E-state index in [1.54, 1.807) is 0 Å². The smallest absolute Gasteiger partial charge is 0.136 e. The molecule has 0 aliphatic carbocycles. The number of ether oxygens (including phenoxy) is 1. The van der Waals surface area contributed by atoms with E-state index < -0.39 is 0 Å². The van der Waals surface area contributed by atoms with Crippen LogP contribution in [0.5, 0.6) is 0 Å². The third-order valence-corrected chi connectivity index (χ3v) is 6.97. The van der Waals surface area contributed by atoms with Gasteiger partial charge >= 0.3 is 0 Å². The molecule has 0 bridgehead atoms. The maximum absolute atomic E-state index is 5.68. The van der Waals surface area contributed by atoms with Crippen LogP contribution < -0.4 is 32.0 Å². The minimum atomic E-state index is 0.0153. The van der Waals surface area contributed by atoms with Gasteiger partial charge in [-0.1, -0.05) is 13.8 Å². The number of allylic oxidation sites excluding steroid dienone is 1. The number of nitrogens with zero attached hydrogens (tertiary/aromatic N) is 2. The van der Waals surface area contributed by atoms with Crippen LogP contribution in [0.25, 0.3) is 0 Å². The number of piperazine rings is 1. The SMILES string of the molecule is CCOCCN1NC(CC)C2=C1C(NC1=CCCC(CC)N1)NC(N1CCN[C@H](C)C1)N2. The van der Waals surface area contributed by atoms with Crippen LogP contribution in [0, 0.1) is 0 Å². The molecule has 6 N–H and O–H groups in total. The van der Waals surface area contributed by atoms with E-state index in [-0.39, 0.29) is 18.5 Å². The zero-order chi connectivity index (χ0) is 22.5. The summed E-state index contributed by atoms with van der Waals surface area (Å²) >= 11 is 0. The van der Waals surface area contributed by atoms with Crippen LogP contribution in [0.15, 0.2) is 23.3 Å². The molecule has 4 rings (SSSR count). The van der Waals surface area contributed by atoms with Crippen LogP contribution in [-0.4, -0.2) is 79.9 Å². The van der Waals surface area contributed by atoms with Crippen LogP contribution in [0.4, 0.5) is 0 Å². The molecule has 0 aromatic rings. The second-order valence-electron chi connectivity index (χ2n) is 9.32. The lowest BCUT2D eigenvalue weighted by Crippen LogP contribution is -2.68. The van der Waals surface area contributed by atoms with Gasteiger partial charge in [0.1, 0.15) is 12.5 Å². The van der Waals surface area contributed by atoms with E-state index in [0.29, 0.717) is 18.7 Å². The molecule has 182 valence electrons. The molecule has 0 saturated carbocycles. The van der Waals surface area contributed by atoms with Crippen molar-refractivity contribution in [3.8, 4) is 0 Å². The van der Waals surface area contributed by atoms with Gasteiger partial charge < -0.3 is 31.0 Å². The highest BCUT2D eigenvalue weighted by molar-refractivity contribution is 5.30. The Hall–Kier alpha value is -1.52. The highest BCUT2D eigenvalue weighted by Crippen LogP contribution is 2.27. The minimum absolute atomic E-state index is 0.0153. The molecule has 0 amide bonds. The van der Waals surface area contributed by atoms with Crippen LogP contribution in [0.3, 0.4) is 0 Å². The van der Waals surface area contributed by atoms with Gasteiger partial charge in [-0.2, -0.15) is 0 Å². The second-order valence-corrected chi connectivity index (χ2v) is 9.32. The molecular weight excluding hydrogens is 404 g/mol. The molecule has 0 aromatic heterocycles. The molecule has 1 fully saturated rings. The molecule has 4 aliphatic heterocycles. The van der Waals surface area contributed by atoms with Gasteiger partial charge in [-0.3, -0.25) is 10.2 Å². The van der Waals surface area contributed by atoms with Crippen molar-refractivity contribution in [2.24, 2.45) is 0 Å². The second kappa shape index (κ2) is 11.1. The maximum atomic E-state index is 5.68. The average molecular weight is 449 g/mol. The van der Waals surface area contributed by atoms with Gasteiger partial charge in [0.25, 0.3) is 0 Å². The van der Waals surface area contributed by atoms with Crippen LogP contribution >= 0.6 is 0 Å². The zero-order valence-electron chi connectivity index (χ0n) is 20.3. The van der Waals surface area contributed by atoms with E-state index in [4.69, 9.17) is 4.74 Å².